The molecular weight excluding hydrogens is 236 g/mol. The number of rotatable bonds is 6. The Hall–Kier alpha value is -0.910. The first-order valence-electron chi connectivity index (χ1n) is 5.56. The fourth-order valence-corrected chi connectivity index (χ4v) is 2.40. The lowest BCUT2D eigenvalue weighted by Crippen LogP contribution is -2.28. The van der Waals surface area contributed by atoms with Gasteiger partial charge >= 0.3 is 5.97 Å². The van der Waals surface area contributed by atoms with Crippen LogP contribution in [0.1, 0.15) is 20.1 Å². The van der Waals surface area contributed by atoms with Crippen molar-refractivity contribution in [2.75, 3.05) is 34.2 Å². The van der Waals surface area contributed by atoms with E-state index in [1.165, 1.54) is 11.3 Å². The number of nitrogens with zero attached hydrogens (tertiary/aromatic N) is 2. The molecule has 0 aromatic carbocycles. The largest absolute Gasteiger partial charge is 0.477 e. The van der Waals surface area contributed by atoms with E-state index in [1.807, 2.05) is 21.0 Å². The molecule has 0 radical (unpaired) electrons. The van der Waals surface area contributed by atoms with Crippen LogP contribution in [0.4, 0.5) is 0 Å². The van der Waals surface area contributed by atoms with Gasteiger partial charge in [-0.15, -0.1) is 11.3 Å². The Kier molecular flexibility index (Phi) is 5.11. The van der Waals surface area contributed by atoms with Gasteiger partial charge in [0, 0.05) is 24.5 Å². The van der Waals surface area contributed by atoms with Crippen molar-refractivity contribution in [3.05, 3.63) is 21.4 Å². The van der Waals surface area contributed by atoms with Gasteiger partial charge in [-0.3, -0.25) is 0 Å². The van der Waals surface area contributed by atoms with Crippen LogP contribution in [-0.2, 0) is 6.54 Å². The average molecular weight is 256 g/mol. The van der Waals surface area contributed by atoms with Gasteiger partial charge in [-0.05, 0) is 39.7 Å². The van der Waals surface area contributed by atoms with Crippen molar-refractivity contribution in [3.8, 4) is 0 Å². The summed E-state index contributed by atoms with van der Waals surface area (Å²) in [6, 6.07) is 1.79. The zero-order valence-corrected chi connectivity index (χ0v) is 11.7. The molecule has 0 bridgehead atoms. The van der Waals surface area contributed by atoms with Crippen LogP contribution in [0, 0.1) is 6.92 Å². The van der Waals surface area contributed by atoms with Crippen molar-refractivity contribution in [1.82, 2.24) is 9.80 Å². The Morgan fingerprint density at radius 3 is 2.47 bits per heavy atom. The van der Waals surface area contributed by atoms with Crippen LogP contribution >= 0.6 is 11.3 Å². The van der Waals surface area contributed by atoms with Crippen LogP contribution in [0.15, 0.2) is 6.07 Å². The number of carboxylic acid groups (broad SMARTS) is 1. The first kappa shape index (κ1) is 14.2. The maximum Gasteiger partial charge on any atom is 0.345 e. The number of likely N-dealkylation sites (N-methyl/N-ethyl adjacent to an activating group) is 2. The SMILES string of the molecule is Cc1sc(C(=O)O)cc1CN(C)CCN(C)C. The molecule has 0 unspecified atom stereocenters. The molecule has 0 atom stereocenters. The van der Waals surface area contributed by atoms with Gasteiger partial charge in [-0.25, -0.2) is 4.79 Å². The van der Waals surface area contributed by atoms with E-state index in [0.29, 0.717) is 4.88 Å². The maximum absolute atomic E-state index is 10.9. The molecule has 0 fully saturated rings. The summed E-state index contributed by atoms with van der Waals surface area (Å²) in [6.45, 7) is 4.77. The topological polar surface area (TPSA) is 43.8 Å². The van der Waals surface area contributed by atoms with Crippen LogP contribution < -0.4 is 0 Å². The quantitative estimate of drug-likeness (QED) is 0.842. The summed E-state index contributed by atoms with van der Waals surface area (Å²) < 4.78 is 0. The minimum Gasteiger partial charge on any atom is -0.477 e. The fourth-order valence-electron chi connectivity index (χ4n) is 1.52. The molecule has 1 N–H and O–H groups in total. The number of hydrogen-bond donors (Lipinski definition) is 1. The van der Waals surface area contributed by atoms with E-state index in [4.69, 9.17) is 5.11 Å². The van der Waals surface area contributed by atoms with Crippen molar-refractivity contribution in [2.45, 2.75) is 13.5 Å². The molecule has 17 heavy (non-hydrogen) atoms. The maximum atomic E-state index is 10.9. The van der Waals surface area contributed by atoms with Crippen molar-refractivity contribution in [1.29, 1.82) is 0 Å². The lowest BCUT2D eigenvalue weighted by molar-refractivity contribution is 0.0702. The molecule has 0 saturated heterocycles. The molecule has 0 amide bonds. The molecule has 0 aliphatic heterocycles. The molecule has 1 rings (SSSR count). The molecule has 0 aliphatic carbocycles. The van der Waals surface area contributed by atoms with Crippen molar-refractivity contribution in [2.24, 2.45) is 0 Å². The van der Waals surface area contributed by atoms with Crippen LogP contribution in [0.5, 0.6) is 0 Å². The van der Waals surface area contributed by atoms with Crippen LogP contribution in [-0.4, -0.2) is 55.1 Å². The Morgan fingerprint density at radius 1 is 1.35 bits per heavy atom. The molecule has 96 valence electrons. The van der Waals surface area contributed by atoms with Gasteiger partial charge in [0.25, 0.3) is 0 Å². The molecule has 0 saturated carbocycles. The normalized spacial score (nSPS) is 11.4. The predicted molar refractivity (Wildman–Crippen MR) is 70.9 cm³/mol. The van der Waals surface area contributed by atoms with Gasteiger partial charge in [0.1, 0.15) is 4.88 Å². The van der Waals surface area contributed by atoms with Crippen LogP contribution in [0.25, 0.3) is 0 Å². The van der Waals surface area contributed by atoms with Gasteiger partial charge in [-0.1, -0.05) is 0 Å². The van der Waals surface area contributed by atoms with Crippen molar-refractivity contribution in [3.63, 3.8) is 0 Å². The van der Waals surface area contributed by atoms with Gasteiger partial charge in [-0.2, -0.15) is 0 Å². The fraction of sp³-hybridized carbons (Fsp3) is 0.583. The molecule has 0 spiro atoms. The Balaban J connectivity index is 2.58. The summed E-state index contributed by atoms with van der Waals surface area (Å²) >= 11 is 1.35. The lowest BCUT2D eigenvalue weighted by Gasteiger charge is -2.19. The highest BCUT2D eigenvalue weighted by Gasteiger charge is 2.12. The molecule has 4 nitrogen and oxygen atoms in total. The Labute approximate surface area is 106 Å². The summed E-state index contributed by atoms with van der Waals surface area (Å²) in [7, 11) is 6.15. The van der Waals surface area contributed by atoms with Gasteiger partial charge in [0.15, 0.2) is 0 Å². The molecular formula is C12H20N2O2S. The number of hydrogen-bond acceptors (Lipinski definition) is 4. The molecule has 1 heterocycles. The van der Waals surface area contributed by atoms with E-state index in [1.54, 1.807) is 6.07 Å². The first-order valence-corrected chi connectivity index (χ1v) is 6.37. The molecule has 1 aromatic rings. The first-order chi connectivity index (χ1) is 7.90. The predicted octanol–water partition coefficient (Wildman–Crippen LogP) is 1.75. The minimum absolute atomic E-state index is 0.429. The number of thiophene rings is 1. The third kappa shape index (κ3) is 4.46. The average Bonchev–Trinajstić information content (AvgIpc) is 2.58. The zero-order valence-electron chi connectivity index (χ0n) is 10.9. The van der Waals surface area contributed by atoms with E-state index >= 15 is 0 Å². The minimum atomic E-state index is -0.833. The summed E-state index contributed by atoms with van der Waals surface area (Å²) in [5.74, 6) is -0.833. The number of carbonyl (C=O) groups is 1. The second-order valence-electron chi connectivity index (χ2n) is 4.54. The van der Waals surface area contributed by atoms with Gasteiger partial charge in [0.2, 0.25) is 0 Å². The van der Waals surface area contributed by atoms with Gasteiger partial charge < -0.3 is 14.9 Å². The highest BCUT2D eigenvalue weighted by molar-refractivity contribution is 7.14. The van der Waals surface area contributed by atoms with E-state index in [0.717, 1.165) is 30.1 Å². The third-order valence-electron chi connectivity index (χ3n) is 2.60. The zero-order chi connectivity index (χ0) is 13.0. The van der Waals surface area contributed by atoms with E-state index < -0.39 is 5.97 Å². The highest BCUT2D eigenvalue weighted by atomic mass is 32.1. The molecule has 5 heteroatoms. The number of aromatic carboxylic acids is 1. The monoisotopic (exact) mass is 256 g/mol. The summed E-state index contributed by atoms with van der Waals surface area (Å²) in [5.41, 5.74) is 1.12. The lowest BCUT2D eigenvalue weighted by atomic mass is 10.2. The summed E-state index contributed by atoms with van der Waals surface area (Å²) in [4.78, 5) is 16.7. The van der Waals surface area contributed by atoms with Crippen molar-refractivity contribution < 1.29 is 9.90 Å². The van der Waals surface area contributed by atoms with E-state index in [-0.39, 0.29) is 0 Å². The highest BCUT2D eigenvalue weighted by Crippen LogP contribution is 2.22. The molecule has 1 aromatic heterocycles. The standard InChI is InChI=1S/C12H20N2O2S/c1-9-10(7-11(17-9)12(15)16)8-14(4)6-5-13(2)3/h7H,5-6,8H2,1-4H3,(H,15,16). The molecule has 0 aliphatic rings. The van der Waals surface area contributed by atoms with Crippen molar-refractivity contribution >= 4 is 17.3 Å². The second-order valence-corrected chi connectivity index (χ2v) is 5.79. The van der Waals surface area contributed by atoms with E-state index in [2.05, 4.69) is 16.8 Å². The number of carboxylic acids is 1. The second kappa shape index (κ2) is 6.14. The third-order valence-corrected chi connectivity index (χ3v) is 3.68. The number of aryl methyl sites for hydroxylation is 1. The van der Waals surface area contributed by atoms with Gasteiger partial charge in [0.05, 0.1) is 0 Å². The van der Waals surface area contributed by atoms with Crippen LogP contribution in [0.2, 0.25) is 0 Å². The van der Waals surface area contributed by atoms with E-state index in [9.17, 15) is 4.79 Å². The summed E-state index contributed by atoms with van der Waals surface area (Å²) in [5, 5.41) is 8.92. The summed E-state index contributed by atoms with van der Waals surface area (Å²) in [6.07, 6.45) is 0. The smallest absolute Gasteiger partial charge is 0.345 e. The Bertz CT molecular complexity index is 388. The van der Waals surface area contributed by atoms with Crippen LogP contribution in [0.3, 0.4) is 0 Å². The Morgan fingerprint density at radius 2 is 2.00 bits per heavy atom.